The van der Waals surface area contributed by atoms with Crippen molar-refractivity contribution in [2.75, 3.05) is 24.5 Å². The molecule has 2 heterocycles. The Morgan fingerprint density at radius 1 is 1.35 bits per heavy atom. The highest BCUT2D eigenvalue weighted by Gasteiger charge is 2.21. The molecule has 1 aromatic rings. The van der Waals surface area contributed by atoms with E-state index in [1.165, 1.54) is 30.4 Å². The molecular weight excluding hydrogens is 248 g/mol. The van der Waals surface area contributed by atoms with Gasteiger partial charge in [-0.15, -0.1) is 0 Å². The van der Waals surface area contributed by atoms with Gasteiger partial charge in [0.15, 0.2) is 0 Å². The number of aryl methyl sites for hydroxylation is 1. The van der Waals surface area contributed by atoms with Crippen molar-refractivity contribution in [2.24, 2.45) is 5.92 Å². The molecule has 0 saturated carbocycles. The predicted molar refractivity (Wildman–Crippen MR) is 82.1 cm³/mol. The molecule has 2 aliphatic rings. The average molecular weight is 272 g/mol. The summed E-state index contributed by atoms with van der Waals surface area (Å²) in [6, 6.07) is 6.72. The van der Waals surface area contributed by atoms with Gasteiger partial charge in [0.05, 0.1) is 0 Å². The quantitative estimate of drug-likeness (QED) is 0.897. The molecule has 108 valence electrons. The molecule has 1 saturated heterocycles. The number of hydrogen-bond donors (Lipinski definition) is 1. The number of piperidine rings is 1. The Morgan fingerprint density at radius 2 is 2.15 bits per heavy atom. The van der Waals surface area contributed by atoms with Crippen molar-refractivity contribution in [1.82, 2.24) is 5.32 Å². The Kier molecular flexibility index (Phi) is 4.06. The maximum Gasteiger partial charge on any atom is 0.223 e. The third-order valence-corrected chi connectivity index (χ3v) is 4.63. The summed E-state index contributed by atoms with van der Waals surface area (Å²) in [5.41, 5.74) is 3.94. The van der Waals surface area contributed by atoms with E-state index in [9.17, 15) is 4.79 Å². The van der Waals surface area contributed by atoms with Gasteiger partial charge in [-0.2, -0.15) is 0 Å². The van der Waals surface area contributed by atoms with Crippen LogP contribution in [0.2, 0.25) is 0 Å². The number of nitrogens with zero attached hydrogens (tertiary/aromatic N) is 1. The fourth-order valence-corrected chi connectivity index (χ4v) is 3.52. The van der Waals surface area contributed by atoms with Crippen LogP contribution in [0.25, 0.3) is 0 Å². The molecule has 0 spiro atoms. The fraction of sp³-hybridized carbons (Fsp3) is 0.588. The van der Waals surface area contributed by atoms with E-state index >= 15 is 0 Å². The van der Waals surface area contributed by atoms with Crippen LogP contribution in [0, 0.1) is 5.92 Å². The highest BCUT2D eigenvalue weighted by Crippen LogP contribution is 2.29. The second kappa shape index (κ2) is 5.96. The number of carbonyl (C=O) groups is 1. The maximum absolute atomic E-state index is 11.7. The second-order valence-corrected chi connectivity index (χ2v) is 6.13. The van der Waals surface area contributed by atoms with Crippen LogP contribution in [0.4, 0.5) is 5.69 Å². The van der Waals surface area contributed by atoms with Gasteiger partial charge in [0.1, 0.15) is 0 Å². The Hall–Kier alpha value is -1.35. The van der Waals surface area contributed by atoms with E-state index in [-0.39, 0.29) is 5.91 Å². The van der Waals surface area contributed by atoms with Gasteiger partial charge in [-0.3, -0.25) is 4.79 Å². The highest BCUT2D eigenvalue weighted by molar-refractivity contribution is 5.92. The summed E-state index contributed by atoms with van der Waals surface area (Å²) in [7, 11) is 0. The van der Waals surface area contributed by atoms with Gasteiger partial charge in [-0.1, -0.05) is 12.1 Å². The van der Waals surface area contributed by atoms with Gasteiger partial charge < -0.3 is 10.2 Å². The largest absolute Gasteiger partial charge is 0.317 e. The molecule has 2 aliphatic heterocycles. The standard InChI is InChI=1S/C17H24N2O/c1-13(20)19-10-2-3-16-12-15(4-5-17(16)19)11-14-6-8-18-9-7-14/h4-5,12,14,18H,2-3,6-11H2,1H3. The summed E-state index contributed by atoms with van der Waals surface area (Å²) in [6.45, 7) is 4.86. The molecular formula is C17H24N2O. The van der Waals surface area contributed by atoms with Crippen molar-refractivity contribution in [3.63, 3.8) is 0 Å². The number of anilines is 1. The summed E-state index contributed by atoms with van der Waals surface area (Å²) in [4.78, 5) is 13.6. The van der Waals surface area contributed by atoms with Crippen LogP contribution in [0.3, 0.4) is 0 Å². The van der Waals surface area contributed by atoms with Crippen molar-refractivity contribution in [2.45, 2.75) is 39.0 Å². The first-order chi connectivity index (χ1) is 9.74. The highest BCUT2D eigenvalue weighted by atomic mass is 16.2. The topological polar surface area (TPSA) is 32.3 Å². The first-order valence-corrected chi connectivity index (χ1v) is 7.84. The van der Waals surface area contributed by atoms with E-state index in [1.807, 2.05) is 4.90 Å². The lowest BCUT2D eigenvalue weighted by Gasteiger charge is -2.29. The zero-order chi connectivity index (χ0) is 13.9. The molecule has 0 atom stereocenters. The summed E-state index contributed by atoms with van der Waals surface area (Å²) in [5, 5.41) is 3.42. The van der Waals surface area contributed by atoms with E-state index in [4.69, 9.17) is 0 Å². The van der Waals surface area contributed by atoms with Gasteiger partial charge in [0.2, 0.25) is 5.91 Å². The zero-order valence-electron chi connectivity index (χ0n) is 12.3. The summed E-state index contributed by atoms with van der Waals surface area (Å²) in [6.07, 6.45) is 5.96. The maximum atomic E-state index is 11.7. The van der Waals surface area contributed by atoms with Crippen LogP contribution in [0.15, 0.2) is 18.2 Å². The van der Waals surface area contributed by atoms with Gasteiger partial charge in [0, 0.05) is 19.2 Å². The lowest BCUT2D eigenvalue weighted by atomic mass is 9.89. The van der Waals surface area contributed by atoms with E-state index in [1.54, 1.807) is 6.92 Å². The number of rotatable bonds is 2. The lowest BCUT2D eigenvalue weighted by molar-refractivity contribution is -0.116. The Labute approximate surface area is 121 Å². The van der Waals surface area contributed by atoms with Gasteiger partial charge in [0.25, 0.3) is 0 Å². The normalized spacial score (nSPS) is 19.8. The number of benzene rings is 1. The third kappa shape index (κ3) is 2.88. The lowest BCUT2D eigenvalue weighted by Crippen LogP contribution is -2.33. The average Bonchev–Trinajstić information content (AvgIpc) is 2.47. The zero-order valence-corrected chi connectivity index (χ0v) is 12.3. The minimum Gasteiger partial charge on any atom is -0.317 e. The smallest absolute Gasteiger partial charge is 0.223 e. The molecule has 1 fully saturated rings. The molecule has 0 unspecified atom stereocenters. The molecule has 1 amide bonds. The van der Waals surface area contributed by atoms with Crippen LogP contribution in [-0.2, 0) is 17.6 Å². The predicted octanol–water partition coefficient (Wildman–Crippen LogP) is 2.53. The van der Waals surface area contributed by atoms with E-state index in [0.29, 0.717) is 0 Å². The minimum absolute atomic E-state index is 0.164. The Balaban J connectivity index is 1.76. The van der Waals surface area contributed by atoms with Crippen LogP contribution in [0.5, 0.6) is 0 Å². The van der Waals surface area contributed by atoms with Crippen LogP contribution >= 0.6 is 0 Å². The SMILES string of the molecule is CC(=O)N1CCCc2cc(CC3CCNCC3)ccc21. The van der Waals surface area contributed by atoms with Crippen molar-refractivity contribution >= 4 is 11.6 Å². The van der Waals surface area contributed by atoms with Crippen molar-refractivity contribution in [1.29, 1.82) is 0 Å². The number of amides is 1. The molecule has 3 rings (SSSR count). The number of nitrogens with one attached hydrogen (secondary N) is 1. The molecule has 0 bridgehead atoms. The fourth-order valence-electron chi connectivity index (χ4n) is 3.52. The van der Waals surface area contributed by atoms with Gasteiger partial charge in [-0.05, 0) is 68.3 Å². The first-order valence-electron chi connectivity index (χ1n) is 7.84. The van der Waals surface area contributed by atoms with Crippen LogP contribution < -0.4 is 10.2 Å². The summed E-state index contributed by atoms with van der Waals surface area (Å²) < 4.78 is 0. The molecule has 1 aromatic carbocycles. The van der Waals surface area contributed by atoms with E-state index in [0.717, 1.165) is 44.1 Å². The van der Waals surface area contributed by atoms with Gasteiger partial charge >= 0.3 is 0 Å². The van der Waals surface area contributed by atoms with Crippen LogP contribution in [-0.4, -0.2) is 25.5 Å². The number of carbonyl (C=O) groups excluding carboxylic acids is 1. The molecule has 0 aliphatic carbocycles. The number of fused-ring (bicyclic) bond motifs is 1. The second-order valence-electron chi connectivity index (χ2n) is 6.13. The van der Waals surface area contributed by atoms with Crippen molar-refractivity contribution in [3.05, 3.63) is 29.3 Å². The van der Waals surface area contributed by atoms with Crippen molar-refractivity contribution < 1.29 is 4.79 Å². The molecule has 1 N–H and O–H groups in total. The van der Waals surface area contributed by atoms with E-state index < -0.39 is 0 Å². The third-order valence-electron chi connectivity index (χ3n) is 4.63. The molecule has 0 aromatic heterocycles. The molecule has 3 nitrogen and oxygen atoms in total. The Bertz CT molecular complexity index is 492. The summed E-state index contributed by atoms with van der Waals surface area (Å²) in [5.74, 6) is 0.985. The monoisotopic (exact) mass is 272 g/mol. The van der Waals surface area contributed by atoms with Crippen LogP contribution in [0.1, 0.15) is 37.3 Å². The first kappa shape index (κ1) is 13.6. The number of hydrogen-bond acceptors (Lipinski definition) is 2. The molecule has 20 heavy (non-hydrogen) atoms. The van der Waals surface area contributed by atoms with E-state index in [2.05, 4.69) is 23.5 Å². The molecule has 3 heteroatoms. The van der Waals surface area contributed by atoms with Crippen molar-refractivity contribution in [3.8, 4) is 0 Å². The summed E-state index contributed by atoms with van der Waals surface area (Å²) >= 11 is 0. The Morgan fingerprint density at radius 3 is 2.90 bits per heavy atom. The molecule has 0 radical (unpaired) electrons. The van der Waals surface area contributed by atoms with Gasteiger partial charge in [-0.25, -0.2) is 0 Å². The minimum atomic E-state index is 0.164.